The molecule has 0 fully saturated rings. The van der Waals surface area contributed by atoms with E-state index in [1.807, 2.05) is 80.6 Å². The second-order valence-electron chi connectivity index (χ2n) is 14.1. The molecule has 2 amide bonds. The van der Waals surface area contributed by atoms with Gasteiger partial charge in [-0.15, -0.1) is 0 Å². The number of hydrogen-bond donors (Lipinski definition) is 2. The molecule has 1 aliphatic carbocycles. The fraction of sp³-hybridized carbons (Fsp3) is 0.439. The van der Waals surface area contributed by atoms with Crippen LogP contribution in [0.3, 0.4) is 0 Å². The molecule has 11 heteroatoms. The maximum atomic E-state index is 13.6. The fourth-order valence-corrected chi connectivity index (χ4v) is 6.00. The molecule has 3 aromatic rings. The second-order valence-corrected chi connectivity index (χ2v) is 14.1. The SMILES string of the molecule is CC(C)C[C@@H](OC(=O)[C@@H](NC(=O)OCC1c2ccccc2-c2ccccc21)C(C)C)C(=O)N[C@@H](C(=O)O[C@@H](C)C(=O)OCc1ccccc1)C(C)C. The Hall–Kier alpha value is -5.19. The van der Waals surface area contributed by atoms with Crippen molar-refractivity contribution in [2.75, 3.05) is 6.61 Å². The molecule has 3 aromatic carbocycles. The molecule has 2 N–H and O–H groups in total. The Labute approximate surface area is 305 Å². The van der Waals surface area contributed by atoms with Gasteiger partial charge in [0.15, 0.2) is 12.2 Å². The van der Waals surface area contributed by atoms with Crippen LogP contribution in [0.2, 0.25) is 0 Å². The minimum atomic E-state index is -1.28. The second kappa shape index (κ2) is 18.3. The number of carbonyl (C=O) groups is 5. The van der Waals surface area contributed by atoms with E-state index >= 15 is 0 Å². The molecule has 0 aromatic heterocycles. The van der Waals surface area contributed by atoms with Crippen molar-refractivity contribution in [3.63, 3.8) is 0 Å². The highest BCUT2D eigenvalue weighted by Crippen LogP contribution is 2.44. The van der Waals surface area contributed by atoms with Gasteiger partial charge in [-0.2, -0.15) is 0 Å². The van der Waals surface area contributed by atoms with Crippen molar-refractivity contribution < 1.29 is 42.9 Å². The summed E-state index contributed by atoms with van der Waals surface area (Å²) in [6.45, 7) is 12.1. The molecule has 11 nitrogen and oxygen atoms in total. The molecule has 52 heavy (non-hydrogen) atoms. The molecular weight excluding hydrogens is 664 g/mol. The van der Waals surface area contributed by atoms with Crippen LogP contribution in [0.5, 0.6) is 0 Å². The summed E-state index contributed by atoms with van der Waals surface area (Å²) in [7, 11) is 0. The highest BCUT2D eigenvalue weighted by Gasteiger charge is 2.36. The van der Waals surface area contributed by atoms with E-state index in [4.69, 9.17) is 18.9 Å². The van der Waals surface area contributed by atoms with Gasteiger partial charge in [-0.1, -0.05) is 120 Å². The van der Waals surface area contributed by atoms with Crippen LogP contribution in [0.25, 0.3) is 11.1 Å². The fourth-order valence-electron chi connectivity index (χ4n) is 6.00. The Morgan fingerprint density at radius 1 is 0.615 bits per heavy atom. The van der Waals surface area contributed by atoms with Gasteiger partial charge in [0.1, 0.15) is 25.3 Å². The first-order valence-electron chi connectivity index (χ1n) is 17.8. The van der Waals surface area contributed by atoms with Gasteiger partial charge in [0.2, 0.25) is 0 Å². The van der Waals surface area contributed by atoms with Crippen molar-refractivity contribution in [2.24, 2.45) is 17.8 Å². The molecule has 0 saturated carbocycles. The van der Waals surface area contributed by atoms with Crippen molar-refractivity contribution in [2.45, 2.75) is 91.7 Å². The van der Waals surface area contributed by atoms with Gasteiger partial charge in [0.25, 0.3) is 5.91 Å². The first-order valence-corrected chi connectivity index (χ1v) is 17.8. The lowest BCUT2D eigenvalue weighted by Crippen LogP contribution is -2.52. The average Bonchev–Trinajstić information content (AvgIpc) is 3.43. The smallest absolute Gasteiger partial charge is 0.407 e. The van der Waals surface area contributed by atoms with Crippen molar-refractivity contribution in [3.8, 4) is 11.1 Å². The number of benzene rings is 3. The standard InChI is InChI=1S/C41H50N2O9/c1-24(2)21-34(37(44)42-35(25(3)4)39(46)51-27(7)38(45)49-22-28-15-9-8-10-16-28)52-40(47)36(26(5)6)43-41(48)50-23-33-31-19-13-11-17-29(31)30-18-12-14-20-32(30)33/h8-20,24-27,33-36H,21-23H2,1-7H3,(H,42,44)(H,43,48)/t27-,34+,35+,36-/m0/s1. The maximum absolute atomic E-state index is 13.6. The van der Waals surface area contributed by atoms with E-state index in [0.29, 0.717) is 0 Å². The van der Waals surface area contributed by atoms with Gasteiger partial charge in [-0.05, 0) is 58.9 Å². The highest BCUT2D eigenvalue weighted by atomic mass is 16.6. The quantitative estimate of drug-likeness (QED) is 0.129. The van der Waals surface area contributed by atoms with E-state index in [1.54, 1.807) is 39.8 Å². The van der Waals surface area contributed by atoms with Gasteiger partial charge in [-0.3, -0.25) is 4.79 Å². The monoisotopic (exact) mass is 714 g/mol. The summed E-state index contributed by atoms with van der Waals surface area (Å²) in [5, 5.41) is 5.28. The van der Waals surface area contributed by atoms with E-state index in [-0.39, 0.29) is 31.5 Å². The first kappa shape index (κ1) is 39.6. The van der Waals surface area contributed by atoms with Gasteiger partial charge in [0, 0.05) is 5.92 Å². The van der Waals surface area contributed by atoms with E-state index in [1.165, 1.54) is 6.92 Å². The van der Waals surface area contributed by atoms with Gasteiger partial charge < -0.3 is 29.6 Å². The number of carbonyl (C=O) groups excluding carboxylic acids is 5. The van der Waals surface area contributed by atoms with E-state index in [2.05, 4.69) is 10.6 Å². The lowest BCUT2D eigenvalue weighted by molar-refractivity contribution is -0.170. The lowest BCUT2D eigenvalue weighted by atomic mass is 9.98. The molecule has 4 atom stereocenters. The molecule has 0 saturated heterocycles. The van der Waals surface area contributed by atoms with Crippen molar-refractivity contribution >= 4 is 29.9 Å². The zero-order valence-electron chi connectivity index (χ0n) is 30.9. The Morgan fingerprint density at radius 2 is 1.13 bits per heavy atom. The summed E-state index contributed by atoms with van der Waals surface area (Å²) >= 11 is 0. The molecule has 0 radical (unpaired) electrons. The number of alkyl carbamates (subject to hydrolysis) is 1. The van der Waals surface area contributed by atoms with Gasteiger partial charge in [0.05, 0.1) is 0 Å². The van der Waals surface area contributed by atoms with E-state index in [9.17, 15) is 24.0 Å². The number of ether oxygens (including phenoxy) is 4. The maximum Gasteiger partial charge on any atom is 0.407 e. The Bertz CT molecular complexity index is 1660. The van der Waals surface area contributed by atoms with Crippen LogP contribution >= 0.6 is 0 Å². The zero-order chi connectivity index (χ0) is 37.9. The molecular formula is C41H50N2O9. The minimum absolute atomic E-state index is 0.0156. The number of rotatable bonds is 16. The molecule has 4 rings (SSSR count). The number of fused-ring (bicyclic) bond motifs is 3. The molecule has 0 bridgehead atoms. The molecule has 278 valence electrons. The van der Waals surface area contributed by atoms with Crippen molar-refractivity contribution in [3.05, 3.63) is 95.6 Å². The predicted molar refractivity (Wildman–Crippen MR) is 195 cm³/mol. The van der Waals surface area contributed by atoms with E-state index in [0.717, 1.165) is 27.8 Å². The first-order chi connectivity index (χ1) is 24.8. The largest absolute Gasteiger partial charge is 0.458 e. The highest BCUT2D eigenvalue weighted by molar-refractivity contribution is 5.90. The van der Waals surface area contributed by atoms with E-state index < -0.39 is 66.0 Å². The van der Waals surface area contributed by atoms with Crippen LogP contribution in [0, 0.1) is 17.8 Å². The third-order valence-electron chi connectivity index (χ3n) is 8.84. The number of hydrogen-bond acceptors (Lipinski definition) is 9. The number of amides is 2. The van der Waals surface area contributed by atoms with Crippen LogP contribution in [0.4, 0.5) is 4.79 Å². The molecule has 0 aliphatic heterocycles. The third kappa shape index (κ3) is 10.4. The van der Waals surface area contributed by atoms with Crippen molar-refractivity contribution in [1.82, 2.24) is 10.6 Å². The summed E-state index contributed by atoms with van der Waals surface area (Å²) in [4.78, 5) is 65.9. The van der Waals surface area contributed by atoms with Crippen LogP contribution in [0.1, 0.15) is 77.5 Å². The summed E-state index contributed by atoms with van der Waals surface area (Å²) in [5.41, 5.74) is 5.07. The van der Waals surface area contributed by atoms with Crippen molar-refractivity contribution in [1.29, 1.82) is 0 Å². The Balaban J connectivity index is 1.36. The van der Waals surface area contributed by atoms with Crippen LogP contribution in [-0.4, -0.2) is 60.8 Å². The molecule has 0 unspecified atom stereocenters. The summed E-state index contributed by atoms with van der Waals surface area (Å²) in [6, 6.07) is 22.8. The van der Waals surface area contributed by atoms with Crippen LogP contribution in [-0.2, 0) is 44.7 Å². The predicted octanol–water partition coefficient (Wildman–Crippen LogP) is 6.32. The van der Waals surface area contributed by atoms with Gasteiger partial charge in [-0.25, -0.2) is 19.2 Å². The normalized spacial score (nSPS) is 14.4. The van der Waals surface area contributed by atoms with Crippen LogP contribution in [0.15, 0.2) is 78.9 Å². The Morgan fingerprint density at radius 3 is 1.69 bits per heavy atom. The molecule has 1 aliphatic rings. The summed E-state index contributed by atoms with van der Waals surface area (Å²) in [6.07, 6.45) is -3.15. The number of esters is 3. The lowest BCUT2D eigenvalue weighted by Gasteiger charge is -2.27. The Kier molecular flexibility index (Phi) is 14.0. The average molecular weight is 715 g/mol. The minimum Gasteiger partial charge on any atom is -0.458 e. The third-order valence-corrected chi connectivity index (χ3v) is 8.84. The topological polar surface area (TPSA) is 146 Å². The van der Waals surface area contributed by atoms with Gasteiger partial charge >= 0.3 is 24.0 Å². The summed E-state index contributed by atoms with van der Waals surface area (Å²) in [5.74, 6) is -4.16. The molecule has 0 heterocycles. The van der Waals surface area contributed by atoms with Crippen LogP contribution < -0.4 is 10.6 Å². The number of nitrogens with one attached hydrogen (secondary N) is 2. The summed E-state index contributed by atoms with van der Waals surface area (Å²) < 4.78 is 22.0. The zero-order valence-corrected chi connectivity index (χ0v) is 30.9. The molecule has 0 spiro atoms.